The monoisotopic (exact) mass is 263 g/mol. The third-order valence-corrected chi connectivity index (χ3v) is 3.11. The quantitative estimate of drug-likeness (QED) is 0.662. The van der Waals surface area contributed by atoms with E-state index in [4.69, 9.17) is 0 Å². The van der Waals surface area contributed by atoms with Crippen molar-refractivity contribution < 1.29 is 9.72 Å². The van der Waals surface area contributed by atoms with Gasteiger partial charge >= 0.3 is 0 Å². The molecule has 102 valence electrons. The van der Waals surface area contributed by atoms with Crippen LogP contribution in [0.15, 0.2) is 24.3 Å². The standard InChI is InChI=1S/C13H17N3O3/c1-9(2)14-12-7-8-15(13(12)17)10-3-5-11(6-4-10)16(18)19/h3-6,9,12,14H,7-8H2,1-2H3. The minimum atomic E-state index is -0.446. The van der Waals surface area contributed by atoms with Gasteiger partial charge in [0.2, 0.25) is 5.91 Å². The van der Waals surface area contributed by atoms with Gasteiger partial charge in [0, 0.05) is 30.4 Å². The van der Waals surface area contributed by atoms with E-state index in [9.17, 15) is 14.9 Å². The number of nitrogens with zero attached hydrogens (tertiary/aromatic N) is 2. The summed E-state index contributed by atoms with van der Waals surface area (Å²) >= 11 is 0. The van der Waals surface area contributed by atoms with Crippen LogP contribution in [0.2, 0.25) is 0 Å². The summed E-state index contributed by atoms with van der Waals surface area (Å²) in [5.41, 5.74) is 0.746. The molecule has 1 aromatic carbocycles. The van der Waals surface area contributed by atoms with Gasteiger partial charge in [-0.1, -0.05) is 13.8 Å². The second kappa shape index (κ2) is 5.36. The number of rotatable bonds is 4. The molecule has 1 aliphatic heterocycles. The van der Waals surface area contributed by atoms with Gasteiger partial charge in [0.05, 0.1) is 11.0 Å². The number of carbonyl (C=O) groups is 1. The SMILES string of the molecule is CC(C)NC1CCN(c2ccc([N+](=O)[O-])cc2)C1=O. The van der Waals surface area contributed by atoms with Crippen LogP contribution in [-0.2, 0) is 4.79 Å². The number of benzene rings is 1. The van der Waals surface area contributed by atoms with Gasteiger partial charge in [-0.25, -0.2) is 0 Å². The van der Waals surface area contributed by atoms with Crippen molar-refractivity contribution >= 4 is 17.3 Å². The number of anilines is 1. The Morgan fingerprint density at radius 3 is 2.53 bits per heavy atom. The minimum absolute atomic E-state index is 0.0301. The molecule has 2 rings (SSSR count). The summed E-state index contributed by atoms with van der Waals surface area (Å²) in [5, 5.41) is 13.8. The highest BCUT2D eigenvalue weighted by Crippen LogP contribution is 2.24. The van der Waals surface area contributed by atoms with E-state index in [0.29, 0.717) is 12.2 Å². The van der Waals surface area contributed by atoms with E-state index in [0.717, 1.165) is 6.42 Å². The molecule has 1 aromatic rings. The maximum absolute atomic E-state index is 12.2. The zero-order valence-corrected chi connectivity index (χ0v) is 11.0. The highest BCUT2D eigenvalue weighted by atomic mass is 16.6. The van der Waals surface area contributed by atoms with Gasteiger partial charge in [0.1, 0.15) is 0 Å². The van der Waals surface area contributed by atoms with Crippen molar-refractivity contribution in [3.63, 3.8) is 0 Å². The number of hydrogen-bond acceptors (Lipinski definition) is 4. The van der Waals surface area contributed by atoms with Gasteiger partial charge in [-0.05, 0) is 18.6 Å². The fourth-order valence-corrected chi connectivity index (χ4v) is 2.25. The first-order chi connectivity index (χ1) is 8.99. The van der Waals surface area contributed by atoms with Crippen LogP contribution in [0.1, 0.15) is 20.3 Å². The Bertz CT molecular complexity index is 484. The van der Waals surface area contributed by atoms with Crippen molar-refractivity contribution in [1.29, 1.82) is 0 Å². The van der Waals surface area contributed by atoms with Crippen LogP contribution >= 0.6 is 0 Å². The molecule has 1 heterocycles. The summed E-state index contributed by atoms with van der Waals surface area (Å²) in [5.74, 6) is 0.0301. The van der Waals surface area contributed by atoms with Gasteiger partial charge in [0.25, 0.3) is 5.69 Å². The number of nitro benzene ring substituents is 1. The zero-order valence-electron chi connectivity index (χ0n) is 11.0. The highest BCUT2D eigenvalue weighted by molar-refractivity contribution is 5.99. The van der Waals surface area contributed by atoms with Crippen molar-refractivity contribution in [3.8, 4) is 0 Å². The average molecular weight is 263 g/mol. The molecule has 6 nitrogen and oxygen atoms in total. The first-order valence-corrected chi connectivity index (χ1v) is 6.31. The van der Waals surface area contributed by atoms with E-state index in [-0.39, 0.29) is 23.7 Å². The molecule has 6 heteroatoms. The van der Waals surface area contributed by atoms with Gasteiger partial charge in [-0.3, -0.25) is 14.9 Å². The number of nitro groups is 1. The molecule has 0 aliphatic carbocycles. The molecular formula is C13H17N3O3. The first-order valence-electron chi connectivity index (χ1n) is 6.31. The zero-order chi connectivity index (χ0) is 14.0. The van der Waals surface area contributed by atoms with Gasteiger partial charge in [-0.15, -0.1) is 0 Å². The number of amides is 1. The minimum Gasteiger partial charge on any atom is -0.311 e. The molecule has 1 amide bonds. The van der Waals surface area contributed by atoms with Crippen LogP contribution < -0.4 is 10.2 Å². The highest BCUT2D eigenvalue weighted by Gasteiger charge is 2.32. The summed E-state index contributed by atoms with van der Waals surface area (Å²) in [6, 6.07) is 6.18. The Kier molecular flexibility index (Phi) is 3.80. The predicted octanol–water partition coefficient (Wildman–Crippen LogP) is 1.70. The van der Waals surface area contributed by atoms with Crippen molar-refractivity contribution in [2.75, 3.05) is 11.4 Å². The summed E-state index contributed by atoms with van der Waals surface area (Å²) in [6.45, 7) is 4.64. The topological polar surface area (TPSA) is 75.5 Å². The van der Waals surface area contributed by atoms with Crippen LogP contribution in [-0.4, -0.2) is 29.5 Å². The average Bonchev–Trinajstić information content (AvgIpc) is 2.70. The van der Waals surface area contributed by atoms with Crippen molar-refractivity contribution in [3.05, 3.63) is 34.4 Å². The molecule has 19 heavy (non-hydrogen) atoms. The predicted molar refractivity (Wildman–Crippen MR) is 72.1 cm³/mol. The fraction of sp³-hybridized carbons (Fsp3) is 0.462. The molecule has 0 bridgehead atoms. The first kappa shape index (κ1) is 13.5. The Hall–Kier alpha value is -1.95. The van der Waals surface area contributed by atoms with Crippen molar-refractivity contribution in [1.82, 2.24) is 5.32 Å². The molecular weight excluding hydrogens is 246 g/mol. The molecule has 0 saturated carbocycles. The van der Waals surface area contributed by atoms with E-state index in [2.05, 4.69) is 5.32 Å². The third-order valence-electron chi connectivity index (χ3n) is 3.11. The lowest BCUT2D eigenvalue weighted by molar-refractivity contribution is -0.384. The van der Waals surface area contributed by atoms with Gasteiger partial charge in [0.15, 0.2) is 0 Å². The van der Waals surface area contributed by atoms with Crippen molar-refractivity contribution in [2.24, 2.45) is 0 Å². The van der Waals surface area contributed by atoms with Crippen LogP contribution in [0.4, 0.5) is 11.4 Å². The summed E-state index contributed by atoms with van der Waals surface area (Å²) in [6.07, 6.45) is 0.758. The normalized spacial score (nSPS) is 19.2. The van der Waals surface area contributed by atoms with Crippen molar-refractivity contribution in [2.45, 2.75) is 32.4 Å². The number of carbonyl (C=O) groups excluding carboxylic acids is 1. The molecule has 1 saturated heterocycles. The Morgan fingerprint density at radius 1 is 1.37 bits per heavy atom. The molecule has 1 atom stereocenters. The number of nitrogens with one attached hydrogen (secondary N) is 1. The van der Waals surface area contributed by atoms with E-state index in [1.54, 1.807) is 17.0 Å². The summed E-state index contributed by atoms with van der Waals surface area (Å²) in [7, 11) is 0. The lowest BCUT2D eigenvalue weighted by Gasteiger charge is -2.18. The van der Waals surface area contributed by atoms with Gasteiger partial charge in [-0.2, -0.15) is 0 Å². The van der Waals surface area contributed by atoms with E-state index < -0.39 is 4.92 Å². The number of hydrogen-bond donors (Lipinski definition) is 1. The second-order valence-electron chi connectivity index (χ2n) is 4.93. The Morgan fingerprint density at radius 2 is 2.00 bits per heavy atom. The Labute approximate surface area is 111 Å². The lowest BCUT2D eigenvalue weighted by Crippen LogP contribution is -2.41. The smallest absolute Gasteiger partial charge is 0.269 e. The Balaban J connectivity index is 2.11. The second-order valence-corrected chi connectivity index (χ2v) is 4.93. The van der Waals surface area contributed by atoms with Crippen LogP contribution in [0.3, 0.4) is 0 Å². The molecule has 1 N–H and O–H groups in total. The van der Waals surface area contributed by atoms with Gasteiger partial charge < -0.3 is 10.2 Å². The van der Waals surface area contributed by atoms with Crippen LogP contribution in [0, 0.1) is 10.1 Å². The molecule has 1 fully saturated rings. The van der Waals surface area contributed by atoms with Crippen LogP contribution in [0.25, 0.3) is 0 Å². The lowest BCUT2D eigenvalue weighted by atomic mass is 10.2. The maximum atomic E-state index is 12.2. The molecule has 1 unspecified atom stereocenters. The molecule has 1 aliphatic rings. The maximum Gasteiger partial charge on any atom is 0.269 e. The molecule has 0 aromatic heterocycles. The van der Waals surface area contributed by atoms with E-state index in [1.165, 1.54) is 12.1 Å². The third kappa shape index (κ3) is 2.90. The van der Waals surface area contributed by atoms with Crippen LogP contribution in [0.5, 0.6) is 0 Å². The largest absolute Gasteiger partial charge is 0.311 e. The van der Waals surface area contributed by atoms with E-state index >= 15 is 0 Å². The molecule has 0 spiro atoms. The van der Waals surface area contributed by atoms with E-state index in [1.807, 2.05) is 13.8 Å². The molecule has 0 radical (unpaired) electrons. The number of non-ortho nitro benzene ring substituents is 1. The summed E-state index contributed by atoms with van der Waals surface area (Å²) in [4.78, 5) is 24.0. The summed E-state index contributed by atoms with van der Waals surface area (Å²) < 4.78 is 0. The fourth-order valence-electron chi connectivity index (χ4n) is 2.25.